The van der Waals surface area contributed by atoms with Crippen LogP contribution in [0.15, 0.2) is 91.0 Å². The number of esters is 4. The molecule has 2 saturated heterocycles. The van der Waals surface area contributed by atoms with Gasteiger partial charge in [0, 0.05) is 19.3 Å². The molecule has 0 spiro atoms. The third kappa shape index (κ3) is 64.4. The highest BCUT2D eigenvalue weighted by molar-refractivity contribution is 7.49. The lowest BCUT2D eigenvalue weighted by Crippen LogP contribution is -2.67. The summed E-state index contributed by atoms with van der Waals surface area (Å²) in [6.45, 7) is 11.6. The summed E-state index contributed by atoms with van der Waals surface area (Å²) in [6, 6.07) is 22.4. The highest BCUT2D eigenvalue weighted by atomic mass is 31.2. The van der Waals surface area contributed by atoms with Gasteiger partial charge in [0.1, 0.15) is 72.4 Å². The van der Waals surface area contributed by atoms with Crippen LogP contribution in [0.2, 0.25) is 0 Å². The number of hydrogen-bond acceptors (Lipinski definition) is 21. The maximum atomic E-state index is 16.1. The fraction of sp³-hybridized carbons (Fsp3) is 0.802. The summed E-state index contributed by atoms with van der Waals surface area (Å²) in [5.74, 6) is -3.41. The van der Waals surface area contributed by atoms with Gasteiger partial charge in [0.05, 0.1) is 39.1 Å². The molecule has 0 unspecified atom stereocenters. The number of rotatable bonds is 97. The molecule has 832 valence electrons. The Morgan fingerprint density at radius 3 is 0.910 bits per heavy atom. The quantitative estimate of drug-likeness (QED) is 0.0152. The predicted octanol–water partition coefficient (Wildman–Crippen LogP) is 31.0. The van der Waals surface area contributed by atoms with Crippen LogP contribution in [-0.2, 0) is 82.4 Å². The van der Waals surface area contributed by atoms with Gasteiger partial charge in [0.25, 0.3) is 0 Å². The van der Waals surface area contributed by atoms with Crippen molar-refractivity contribution in [3.05, 3.63) is 96.6 Å². The molecule has 5 rings (SSSR count). The van der Waals surface area contributed by atoms with E-state index in [1.54, 1.807) is 60.7 Å². The molecule has 145 heavy (non-hydrogen) atoms. The normalized spacial score (nSPS) is 18.6. The zero-order valence-corrected chi connectivity index (χ0v) is 92.9. The van der Waals surface area contributed by atoms with E-state index in [4.69, 9.17) is 51.5 Å². The molecular formula is C121H207N2O21P. The molecule has 2 aliphatic heterocycles. The number of phosphoric ester groups is 1. The van der Waals surface area contributed by atoms with E-state index in [0.29, 0.717) is 56.9 Å². The molecule has 24 heteroatoms. The predicted molar refractivity (Wildman–Crippen MR) is 584 cm³/mol. The van der Waals surface area contributed by atoms with Crippen molar-refractivity contribution in [2.45, 2.75) is 609 Å². The van der Waals surface area contributed by atoms with Crippen molar-refractivity contribution in [2.24, 2.45) is 0 Å². The Balaban J connectivity index is 1.56. The summed E-state index contributed by atoms with van der Waals surface area (Å²) in [4.78, 5) is 88.7. The number of carbonyl (C=O) groups excluding carboxylic acids is 6. The summed E-state index contributed by atoms with van der Waals surface area (Å²) in [5, 5.41) is 43.2. The van der Waals surface area contributed by atoms with E-state index in [-0.39, 0.29) is 49.8 Å². The van der Waals surface area contributed by atoms with Gasteiger partial charge in [0.15, 0.2) is 18.7 Å². The zero-order chi connectivity index (χ0) is 104. The van der Waals surface area contributed by atoms with E-state index >= 15 is 14.2 Å². The van der Waals surface area contributed by atoms with Crippen molar-refractivity contribution in [1.29, 1.82) is 0 Å². The Hall–Kier alpha value is -6.01. The van der Waals surface area contributed by atoms with Crippen LogP contribution in [0.3, 0.4) is 0 Å². The van der Waals surface area contributed by atoms with Crippen molar-refractivity contribution in [3.63, 3.8) is 0 Å². The molecule has 0 aromatic heterocycles. The first-order valence-corrected chi connectivity index (χ1v) is 61.1. The van der Waals surface area contributed by atoms with Gasteiger partial charge in [-0.3, -0.25) is 33.3 Å². The first-order valence-electron chi connectivity index (χ1n) is 59.6. The van der Waals surface area contributed by atoms with E-state index < -0.39 is 143 Å². The lowest BCUT2D eigenvalue weighted by Gasteiger charge is -2.46. The molecule has 2 heterocycles. The fourth-order valence-corrected chi connectivity index (χ4v) is 21.3. The number of unbranched alkanes of at least 4 members (excludes halogenated alkanes) is 60. The number of phosphoric acid groups is 1. The van der Waals surface area contributed by atoms with Gasteiger partial charge in [-0.25, -0.2) is 4.57 Å². The second-order valence-electron chi connectivity index (χ2n) is 42.1. The minimum Gasteiger partial charge on any atom is -0.462 e. The summed E-state index contributed by atoms with van der Waals surface area (Å²) in [6.07, 6.45) is 56.5. The molecule has 5 N–H and O–H groups in total. The molecule has 23 nitrogen and oxygen atoms in total. The Bertz CT molecular complexity index is 3600. The lowest BCUT2D eigenvalue weighted by atomic mass is 9.95. The van der Waals surface area contributed by atoms with Gasteiger partial charge in [-0.2, -0.15) is 0 Å². The standard InChI is InChI=1S/C121H207N2O21P/c1-7-13-19-25-31-37-40-42-43-45-48-54-60-65-80-92-111(128)137-104(89-73-62-56-50-35-29-23-17-11-5)95-109(126)123-115-119(141-113(130)96-105(90-74-63-57-51-36-30-24-18-12-6)138-112(129)93-81-66-58-52-46-39-33-27-21-15-9-3)118(144-145(133,142-101-84-75-68-76-85-101)143-102-86-77-69-78-87-102)106(97-124)139-121(115)135-99-107-116(131)117(132)114(120(140-107)134-98-100-82-70-67-71-83-100)122-108(125)94-103(88-72-61-55-49-34-28-22-16-10-4)136-110(127)91-79-64-59-53-47-44-41-38-32-26-20-14-8-2/h67-71,75-78,82-87,103-107,114-121,124,131-132H,7-66,72-74,79-81,88-99H2,1-6H3,(H,122,125)(H,123,126)/t103-,104-,105-,106-,107-,114-,115-,116-,117-,118-,119-,120-,121-/m1/s1. The Morgan fingerprint density at radius 2 is 0.593 bits per heavy atom. The van der Waals surface area contributed by atoms with Crippen LogP contribution in [0.1, 0.15) is 529 Å². The number of aliphatic hydroxyl groups excluding tert-OH is 3. The van der Waals surface area contributed by atoms with Crippen LogP contribution in [0, 0.1) is 0 Å². The van der Waals surface area contributed by atoms with Crippen LogP contribution in [-0.4, -0.2) is 144 Å². The zero-order valence-electron chi connectivity index (χ0n) is 92.0. The first kappa shape index (κ1) is 129. The monoisotopic (exact) mass is 2060 g/mol. The topological polar surface area (TPSA) is 306 Å². The van der Waals surface area contributed by atoms with Gasteiger partial charge >= 0.3 is 31.7 Å². The van der Waals surface area contributed by atoms with Crippen molar-refractivity contribution in [2.75, 3.05) is 13.2 Å². The SMILES string of the molecule is CCCCCCCCCCCCCCCCCC(=O)O[C@H](CCCCCCCCCCC)CC(=O)N[C@H]1[C@H](OC[C@H]2O[C@@H](OCc3ccccc3)[C@H](NC(=O)C[C@@H](CCCCCCCCCCC)OC(=O)CCCCCCCCCCCCCCC)[C@@H](O)[C@@H]2O)O[C@H](CO)[C@@H](OP(=O)(Oc2ccccc2)Oc2ccccc2)[C@@H]1OC(=O)C[C@@H](CCCCCCCCCCC)OC(=O)CCCCCCCCCCCCC. The summed E-state index contributed by atoms with van der Waals surface area (Å²) < 4.78 is 88.0. The smallest absolute Gasteiger partial charge is 0.462 e. The molecule has 2 aliphatic rings. The molecular weight excluding hydrogens is 1850 g/mol. The number of carbonyl (C=O) groups is 6. The van der Waals surface area contributed by atoms with Gasteiger partial charge in [-0.05, 0) is 87.6 Å². The molecule has 2 amide bonds. The number of nitrogens with one attached hydrogen (secondary N) is 2. The van der Waals surface area contributed by atoms with E-state index in [2.05, 4.69) is 52.2 Å². The third-order valence-electron chi connectivity index (χ3n) is 28.8. The molecule has 2 fully saturated rings. The van der Waals surface area contributed by atoms with Gasteiger partial charge < -0.3 is 72.9 Å². The Morgan fingerprint density at radius 1 is 0.317 bits per heavy atom. The van der Waals surface area contributed by atoms with Gasteiger partial charge in [-0.1, -0.05) is 494 Å². The van der Waals surface area contributed by atoms with Gasteiger partial charge in [-0.15, -0.1) is 0 Å². The highest BCUT2D eigenvalue weighted by Gasteiger charge is 2.55. The summed E-state index contributed by atoms with van der Waals surface area (Å²) >= 11 is 0. The number of hydrogen-bond donors (Lipinski definition) is 5. The average molecular weight is 2060 g/mol. The van der Waals surface area contributed by atoms with Crippen molar-refractivity contribution >= 4 is 43.5 Å². The van der Waals surface area contributed by atoms with Crippen LogP contribution in [0.4, 0.5) is 0 Å². The Labute approximate surface area is 879 Å². The number of aliphatic hydroxyl groups is 3. The fourth-order valence-electron chi connectivity index (χ4n) is 19.9. The van der Waals surface area contributed by atoms with Crippen molar-refractivity contribution in [3.8, 4) is 11.5 Å². The van der Waals surface area contributed by atoms with Crippen molar-refractivity contribution in [1.82, 2.24) is 10.6 Å². The minimum atomic E-state index is -5.10. The first-order chi connectivity index (χ1) is 70.9. The molecule has 3 aromatic carbocycles. The molecule has 0 radical (unpaired) electrons. The number of amides is 2. The highest BCUT2D eigenvalue weighted by Crippen LogP contribution is 2.53. The average Bonchev–Trinajstić information content (AvgIpc) is 0.767. The molecule has 0 saturated carbocycles. The minimum absolute atomic E-state index is 0.0471. The van der Waals surface area contributed by atoms with E-state index in [1.165, 1.54) is 212 Å². The van der Waals surface area contributed by atoms with Crippen LogP contribution >= 0.6 is 7.82 Å². The maximum Gasteiger partial charge on any atom is 0.588 e. The maximum absolute atomic E-state index is 16.1. The number of benzene rings is 3. The van der Waals surface area contributed by atoms with E-state index in [1.807, 2.05) is 30.3 Å². The van der Waals surface area contributed by atoms with Gasteiger partial charge in [0.2, 0.25) is 11.8 Å². The largest absolute Gasteiger partial charge is 0.588 e. The number of ether oxygens (including phenoxy) is 8. The second-order valence-corrected chi connectivity index (χ2v) is 43.6. The molecule has 0 bridgehead atoms. The second kappa shape index (κ2) is 87.5. The summed E-state index contributed by atoms with van der Waals surface area (Å²) in [5.41, 5.74) is 0.716. The van der Waals surface area contributed by atoms with E-state index in [9.17, 15) is 34.5 Å². The Kier molecular flexibility index (Phi) is 78.1. The summed E-state index contributed by atoms with van der Waals surface area (Å²) in [7, 11) is -5.10. The lowest BCUT2D eigenvalue weighted by molar-refractivity contribution is -0.304. The van der Waals surface area contributed by atoms with Crippen LogP contribution in [0.5, 0.6) is 11.5 Å². The number of para-hydroxylation sites is 2. The van der Waals surface area contributed by atoms with Crippen LogP contribution < -0.4 is 19.7 Å². The molecule has 0 aliphatic carbocycles. The third-order valence-corrected chi connectivity index (χ3v) is 30.1. The molecule has 13 atom stereocenters. The van der Waals surface area contributed by atoms with Crippen LogP contribution in [0.25, 0.3) is 0 Å². The van der Waals surface area contributed by atoms with Crippen molar-refractivity contribution < 1.29 is 100 Å². The van der Waals surface area contributed by atoms with E-state index in [0.717, 1.165) is 180 Å². The molecule has 3 aromatic rings.